The molecular weight excluding hydrogens is 264 g/mol. The van der Waals surface area contributed by atoms with Crippen molar-refractivity contribution in [2.75, 3.05) is 23.3 Å². The molecule has 0 saturated carbocycles. The lowest BCUT2D eigenvalue weighted by molar-refractivity contribution is 0.0988. The number of nitrogens with one attached hydrogen (secondary N) is 1. The van der Waals surface area contributed by atoms with Crippen LogP contribution in [0.1, 0.15) is 29.9 Å². The average molecular weight is 284 g/mol. The van der Waals surface area contributed by atoms with Crippen LogP contribution in [0, 0.1) is 6.92 Å². The molecule has 0 fully saturated rings. The van der Waals surface area contributed by atoms with Gasteiger partial charge in [0.1, 0.15) is 5.82 Å². The summed E-state index contributed by atoms with van der Waals surface area (Å²) in [6, 6.07) is 7.27. The second-order valence-corrected chi connectivity index (χ2v) is 4.67. The molecule has 2 aromatic rings. The molecule has 5 nitrogen and oxygen atoms in total. The topological polar surface area (TPSA) is 58.1 Å². The Bertz CT molecular complexity index is 613. The van der Waals surface area contributed by atoms with Crippen LogP contribution in [0.5, 0.6) is 0 Å². The van der Waals surface area contributed by atoms with Gasteiger partial charge in [-0.3, -0.25) is 9.78 Å². The molecule has 0 bridgehead atoms. The summed E-state index contributed by atoms with van der Waals surface area (Å²) in [5.74, 6) is 0.694. The largest absolute Gasteiger partial charge is 0.370 e. The van der Waals surface area contributed by atoms with Crippen molar-refractivity contribution in [2.24, 2.45) is 0 Å². The predicted molar refractivity (Wildman–Crippen MR) is 84.7 cm³/mol. The van der Waals surface area contributed by atoms with E-state index < -0.39 is 0 Å². The SMILES string of the molecule is CCNc1cc(C(=O)N(CC)c2ccncc2)cc(C)n1. The first-order valence-electron chi connectivity index (χ1n) is 7.10. The molecule has 0 aliphatic rings. The Morgan fingerprint density at radius 2 is 1.95 bits per heavy atom. The van der Waals surface area contributed by atoms with E-state index in [2.05, 4.69) is 15.3 Å². The van der Waals surface area contributed by atoms with Crippen LogP contribution >= 0.6 is 0 Å². The van der Waals surface area contributed by atoms with E-state index in [1.165, 1.54) is 0 Å². The van der Waals surface area contributed by atoms with E-state index in [1.54, 1.807) is 23.4 Å². The Morgan fingerprint density at radius 3 is 2.57 bits per heavy atom. The minimum absolute atomic E-state index is 0.0339. The maximum Gasteiger partial charge on any atom is 0.258 e. The zero-order valence-corrected chi connectivity index (χ0v) is 12.6. The highest BCUT2D eigenvalue weighted by molar-refractivity contribution is 6.06. The van der Waals surface area contributed by atoms with Gasteiger partial charge < -0.3 is 10.2 Å². The number of pyridine rings is 2. The summed E-state index contributed by atoms with van der Waals surface area (Å²) in [6.45, 7) is 7.21. The second-order valence-electron chi connectivity index (χ2n) is 4.67. The van der Waals surface area contributed by atoms with E-state index in [0.29, 0.717) is 12.1 Å². The molecular formula is C16H20N4O. The van der Waals surface area contributed by atoms with E-state index in [9.17, 15) is 4.79 Å². The Kier molecular flexibility index (Phi) is 4.87. The van der Waals surface area contributed by atoms with E-state index in [4.69, 9.17) is 0 Å². The van der Waals surface area contributed by atoms with Gasteiger partial charge in [-0.2, -0.15) is 0 Å². The van der Waals surface area contributed by atoms with Gasteiger partial charge in [-0.25, -0.2) is 4.98 Å². The van der Waals surface area contributed by atoms with Gasteiger partial charge in [0, 0.05) is 42.4 Å². The van der Waals surface area contributed by atoms with Gasteiger partial charge in [0.15, 0.2) is 0 Å². The molecule has 1 N–H and O–H groups in total. The summed E-state index contributed by atoms with van der Waals surface area (Å²) in [7, 11) is 0. The van der Waals surface area contributed by atoms with Gasteiger partial charge in [0.25, 0.3) is 5.91 Å². The van der Waals surface area contributed by atoms with Crippen LogP contribution in [-0.2, 0) is 0 Å². The highest BCUT2D eigenvalue weighted by atomic mass is 16.2. The molecule has 0 saturated heterocycles. The van der Waals surface area contributed by atoms with Crippen molar-refractivity contribution >= 4 is 17.4 Å². The predicted octanol–water partition coefficient (Wildman–Crippen LogP) is 2.88. The van der Waals surface area contributed by atoms with Crippen LogP contribution < -0.4 is 10.2 Å². The van der Waals surface area contributed by atoms with E-state index >= 15 is 0 Å². The summed E-state index contributed by atoms with van der Waals surface area (Å²) < 4.78 is 0. The molecule has 5 heteroatoms. The molecule has 0 spiro atoms. The monoisotopic (exact) mass is 284 g/mol. The van der Waals surface area contributed by atoms with Gasteiger partial charge in [0.05, 0.1) is 0 Å². The smallest absolute Gasteiger partial charge is 0.258 e. The lowest BCUT2D eigenvalue weighted by Gasteiger charge is -2.21. The fourth-order valence-corrected chi connectivity index (χ4v) is 2.19. The first-order chi connectivity index (χ1) is 10.2. The number of rotatable bonds is 5. The summed E-state index contributed by atoms with van der Waals surface area (Å²) in [6.07, 6.45) is 3.38. The van der Waals surface area contributed by atoms with Crippen molar-refractivity contribution in [3.8, 4) is 0 Å². The van der Waals surface area contributed by atoms with Crippen LogP contribution in [0.15, 0.2) is 36.7 Å². The van der Waals surface area contributed by atoms with E-state index in [0.717, 1.165) is 23.7 Å². The Hall–Kier alpha value is -2.43. The highest BCUT2D eigenvalue weighted by Crippen LogP contribution is 2.18. The van der Waals surface area contributed by atoms with Gasteiger partial charge in [-0.1, -0.05) is 0 Å². The lowest BCUT2D eigenvalue weighted by atomic mass is 10.2. The molecule has 0 unspecified atom stereocenters. The standard InChI is InChI=1S/C16H20N4O/c1-4-18-15-11-13(10-12(3)19-15)16(21)20(5-2)14-6-8-17-9-7-14/h6-11H,4-5H2,1-3H3,(H,18,19). The fraction of sp³-hybridized carbons (Fsp3) is 0.312. The van der Waals surface area contributed by atoms with Gasteiger partial charge in [-0.05, 0) is 45.0 Å². The molecule has 2 aromatic heterocycles. The summed E-state index contributed by atoms with van der Waals surface area (Å²) in [4.78, 5) is 22.8. The Labute approximate surface area is 125 Å². The number of amides is 1. The van der Waals surface area contributed by atoms with Crippen LogP contribution in [0.2, 0.25) is 0 Å². The van der Waals surface area contributed by atoms with Crippen LogP contribution in [-0.4, -0.2) is 29.0 Å². The molecule has 0 aliphatic heterocycles. The fourth-order valence-electron chi connectivity index (χ4n) is 2.19. The van der Waals surface area contributed by atoms with Crippen molar-refractivity contribution in [3.05, 3.63) is 47.9 Å². The number of carbonyl (C=O) groups is 1. The van der Waals surface area contributed by atoms with Crippen LogP contribution in [0.25, 0.3) is 0 Å². The minimum Gasteiger partial charge on any atom is -0.370 e. The maximum atomic E-state index is 12.7. The number of aromatic nitrogens is 2. The average Bonchev–Trinajstić information content (AvgIpc) is 2.49. The summed E-state index contributed by atoms with van der Waals surface area (Å²) >= 11 is 0. The number of aryl methyl sites for hydroxylation is 1. The molecule has 0 aromatic carbocycles. The van der Waals surface area contributed by atoms with Crippen molar-refractivity contribution in [3.63, 3.8) is 0 Å². The van der Waals surface area contributed by atoms with Gasteiger partial charge in [-0.15, -0.1) is 0 Å². The maximum absolute atomic E-state index is 12.7. The first-order valence-corrected chi connectivity index (χ1v) is 7.10. The number of anilines is 2. The van der Waals surface area contributed by atoms with Crippen molar-refractivity contribution in [2.45, 2.75) is 20.8 Å². The quantitative estimate of drug-likeness (QED) is 0.917. The van der Waals surface area contributed by atoms with Crippen molar-refractivity contribution < 1.29 is 4.79 Å². The molecule has 110 valence electrons. The zero-order valence-electron chi connectivity index (χ0n) is 12.6. The zero-order chi connectivity index (χ0) is 15.2. The highest BCUT2D eigenvalue weighted by Gasteiger charge is 2.17. The van der Waals surface area contributed by atoms with Gasteiger partial charge in [0.2, 0.25) is 0 Å². The second kappa shape index (κ2) is 6.83. The van der Waals surface area contributed by atoms with Gasteiger partial charge >= 0.3 is 0 Å². The van der Waals surface area contributed by atoms with Crippen molar-refractivity contribution in [1.82, 2.24) is 9.97 Å². The molecule has 0 radical (unpaired) electrons. The Balaban J connectivity index is 2.34. The number of hydrogen-bond donors (Lipinski definition) is 1. The number of hydrogen-bond acceptors (Lipinski definition) is 4. The molecule has 2 rings (SSSR count). The Morgan fingerprint density at radius 1 is 1.24 bits per heavy atom. The molecule has 2 heterocycles. The number of nitrogens with zero attached hydrogens (tertiary/aromatic N) is 3. The number of carbonyl (C=O) groups excluding carboxylic acids is 1. The summed E-state index contributed by atoms with van der Waals surface area (Å²) in [5.41, 5.74) is 2.30. The molecule has 0 aliphatic carbocycles. The third kappa shape index (κ3) is 3.56. The molecule has 0 atom stereocenters. The normalized spacial score (nSPS) is 10.2. The third-order valence-electron chi connectivity index (χ3n) is 3.09. The van der Waals surface area contributed by atoms with E-state index in [1.807, 2.05) is 39.0 Å². The molecule has 21 heavy (non-hydrogen) atoms. The molecule has 1 amide bonds. The summed E-state index contributed by atoms with van der Waals surface area (Å²) in [5, 5.41) is 3.15. The lowest BCUT2D eigenvalue weighted by Crippen LogP contribution is -2.30. The van der Waals surface area contributed by atoms with Crippen LogP contribution in [0.3, 0.4) is 0 Å². The first kappa shape index (κ1) is 15.0. The third-order valence-corrected chi connectivity index (χ3v) is 3.09. The van der Waals surface area contributed by atoms with E-state index in [-0.39, 0.29) is 5.91 Å². The van der Waals surface area contributed by atoms with Crippen molar-refractivity contribution in [1.29, 1.82) is 0 Å². The van der Waals surface area contributed by atoms with Crippen LogP contribution in [0.4, 0.5) is 11.5 Å². The minimum atomic E-state index is -0.0339.